The Labute approximate surface area is 150 Å². The van der Waals surface area contributed by atoms with Crippen LogP contribution in [0.25, 0.3) is 11.0 Å². The number of halogens is 2. The molecule has 1 aromatic heterocycles. The van der Waals surface area contributed by atoms with Crippen LogP contribution in [0.1, 0.15) is 6.92 Å². The third kappa shape index (κ3) is 4.06. The van der Waals surface area contributed by atoms with E-state index < -0.39 is 23.5 Å². The van der Waals surface area contributed by atoms with E-state index in [4.69, 9.17) is 9.15 Å². The predicted molar refractivity (Wildman–Crippen MR) is 95.3 cm³/mol. The normalized spacial score (nSPS) is 12.0. The van der Waals surface area contributed by atoms with Gasteiger partial charge in [0.25, 0.3) is 5.91 Å². The molecule has 0 spiro atoms. The number of nitrogens with one attached hydrogen (secondary N) is 1. The number of ether oxygens (including phenoxy) is 1. The van der Waals surface area contributed by atoms with E-state index in [0.717, 1.165) is 5.39 Å². The Bertz CT molecular complexity index is 1000. The second-order valence-electron chi connectivity index (χ2n) is 5.33. The van der Waals surface area contributed by atoms with Gasteiger partial charge in [-0.1, -0.05) is 15.9 Å². The summed E-state index contributed by atoms with van der Waals surface area (Å²) in [6.45, 7) is 1.54. The van der Waals surface area contributed by atoms with Crippen molar-refractivity contribution in [3.8, 4) is 5.75 Å². The molecular weight excluding hydrogens is 393 g/mol. The van der Waals surface area contributed by atoms with Crippen molar-refractivity contribution in [1.82, 2.24) is 0 Å². The fraction of sp³-hybridized carbons (Fsp3) is 0.111. The van der Waals surface area contributed by atoms with Gasteiger partial charge in [-0.2, -0.15) is 0 Å². The number of amides is 1. The fourth-order valence-corrected chi connectivity index (χ4v) is 2.53. The molecule has 0 fully saturated rings. The quantitative estimate of drug-likeness (QED) is 0.663. The summed E-state index contributed by atoms with van der Waals surface area (Å²) in [7, 11) is 0. The highest BCUT2D eigenvalue weighted by Gasteiger charge is 2.17. The Morgan fingerprint density at radius 3 is 2.72 bits per heavy atom. The minimum absolute atomic E-state index is 0.0631. The average molecular weight is 406 g/mol. The first-order valence-electron chi connectivity index (χ1n) is 7.39. The van der Waals surface area contributed by atoms with E-state index in [1.807, 2.05) is 0 Å². The lowest BCUT2D eigenvalue weighted by Gasteiger charge is -2.15. The molecule has 3 rings (SSSR count). The van der Waals surface area contributed by atoms with Gasteiger partial charge in [-0.3, -0.25) is 4.79 Å². The number of hydrogen-bond acceptors (Lipinski definition) is 4. The summed E-state index contributed by atoms with van der Waals surface area (Å²) in [5, 5.41) is 3.21. The molecule has 0 saturated heterocycles. The molecule has 1 heterocycles. The van der Waals surface area contributed by atoms with Crippen LogP contribution >= 0.6 is 15.9 Å². The van der Waals surface area contributed by atoms with Crippen LogP contribution in [0.2, 0.25) is 0 Å². The topological polar surface area (TPSA) is 68.5 Å². The molecule has 0 bridgehead atoms. The molecule has 1 atom stereocenters. The predicted octanol–water partition coefficient (Wildman–Crippen LogP) is 4.10. The molecule has 25 heavy (non-hydrogen) atoms. The smallest absolute Gasteiger partial charge is 0.336 e. The van der Waals surface area contributed by atoms with Gasteiger partial charge in [-0.25, -0.2) is 9.18 Å². The highest BCUT2D eigenvalue weighted by atomic mass is 79.9. The first-order valence-corrected chi connectivity index (χ1v) is 8.18. The SMILES string of the molecule is C[C@H](Oc1ccc2ccc(=O)oc2c1)C(=O)Nc1ccc(Br)cc1F. The zero-order chi connectivity index (χ0) is 18.0. The first-order chi connectivity index (χ1) is 11.9. The monoisotopic (exact) mass is 405 g/mol. The molecule has 0 aliphatic rings. The Kier molecular flexibility index (Phi) is 4.85. The number of benzene rings is 2. The Hall–Kier alpha value is -2.67. The van der Waals surface area contributed by atoms with E-state index in [9.17, 15) is 14.0 Å². The van der Waals surface area contributed by atoms with Crippen LogP contribution in [0.15, 0.2) is 62.2 Å². The third-order valence-corrected chi connectivity index (χ3v) is 3.96. The lowest BCUT2D eigenvalue weighted by Crippen LogP contribution is -2.30. The molecule has 128 valence electrons. The van der Waals surface area contributed by atoms with Crippen LogP contribution in [0.3, 0.4) is 0 Å². The number of anilines is 1. The largest absolute Gasteiger partial charge is 0.481 e. The number of hydrogen-bond donors (Lipinski definition) is 1. The minimum atomic E-state index is -0.879. The third-order valence-electron chi connectivity index (χ3n) is 3.47. The maximum atomic E-state index is 13.8. The second kappa shape index (κ2) is 7.06. The molecular formula is C18H13BrFNO4. The molecule has 5 nitrogen and oxygen atoms in total. The summed E-state index contributed by atoms with van der Waals surface area (Å²) in [4.78, 5) is 23.5. The zero-order valence-corrected chi connectivity index (χ0v) is 14.7. The summed E-state index contributed by atoms with van der Waals surface area (Å²) < 4.78 is 25.0. The molecule has 0 saturated carbocycles. The van der Waals surface area contributed by atoms with Gasteiger partial charge in [0, 0.05) is 22.0 Å². The summed E-state index contributed by atoms with van der Waals surface area (Å²) in [5.41, 5.74) is -0.0501. The van der Waals surface area contributed by atoms with Crippen molar-refractivity contribution in [3.05, 3.63) is 69.2 Å². The average Bonchev–Trinajstić information content (AvgIpc) is 2.57. The highest BCUT2D eigenvalue weighted by molar-refractivity contribution is 9.10. The molecule has 3 aromatic rings. The van der Waals surface area contributed by atoms with Gasteiger partial charge in [-0.15, -0.1) is 0 Å². The van der Waals surface area contributed by atoms with E-state index in [1.165, 1.54) is 31.2 Å². The molecule has 1 N–H and O–H groups in total. The van der Waals surface area contributed by atoms with Crippen molar-refractivity contribution >= 4 is 38.5 Å². The summed E-state index contributed by atoms with van der Waals surface area (Å²) in [6.07, 6.45) is -0.879. The van der Waals surface area contributed by atoms with Crippen molar-refractivity contribution < 1.29 is 18.3 Å². The van der Waals surface area contributed by atoms with Crippen LogP contribution < -0.4 is 15.7 Å². The van der Waals surface area contributed by atoms with Crippen LogP contribution in [0, 0.1) is 5.82 Å². The van der Waals surface area contributed by atoms with Gasteiger partial charge in [-0.05, 0) is 43.3 Å². The Morgan fingerprint density at radius 2 is 1.96 bits per heavy atom. The zero-order valence-electron chi connectivity index (χ0n) is 13.1. The molecule has 7 heteroatoms. The van der Waals surface area contributed by atoms with Gasteiger partial charge in [0.15, 0.2) is 6.10 Å². The van der Waals surface area contributed by atoms with Crippen molar-refractivity contribution in [2.75, 3.05) is 5.32 Å². The molecule has 2 aromatic carbocycles. The van der Waals surface area contributed by atoms with E-state index in [-0.39, 0.29) is 5.69 Å². The Balaban J connectivity index is 1.73. The number of fused-ring (bicyclic) bond motifs is 1. The second-order valence-corrected chi connectivity index (χ2v) is 6.24. The summed E-state index contributed by atoms with van der Waals surface area (Å²) in [6, 6.07) is 12.2. The maximum absolute atomic E-state index is 13.8. The van der Waals surface area contributed by atoms with Crippen LogP contribution in [-0.4, -0.2) is 12.0 Å². The maximum Gasteiger partial charge on any atom is 0.336 e. The lowest BCUT2D eigenvalue weighted by molar-refractivity contribution is -0.122. The fourth-order valence-electron chi connectivity index (χ4n) is 2.20. The van der Waals surface area contributed by atoms with Crippen LogP contribution in [0.4, 0.5) is 10.1 Å². The highest BCUT2D eigenvalue weighted by Crippen LogP contribution is 2.22. The Morgan fingerprint density at radius 1 is 1.20 bits per heavy atom. The van der Waals surface area contributed by atoms with Gasteiger partial charge < -0.3 is 14.5 Å². The van der Waals surface area contributed by atoms with Crippen molar-refractivity contribution in [3.63, 3.8) is 0 Å². The van der Waals surface area contributed by atoms with Crippen LogP contribution in [0.5, 0.6) is 5.75 Å². The van der Waals surface area contributed by atoms with E-state index >= 15 is 0 Å². The van der Waals surface area contributed by atoms with Gasteiger partial charge in [0.1, 0.15) is 17.1 Å². The van der Waals surface area contributed by atoms with E-state index in [0.29, 0.717) is 15.8 Å². The van der Waals surface area contributed by atoms with Crippen LogP contribution in [-0.2, 0) is 4.79 Å². The van der Waals surface area contributed by atoms with Gasteiger partial charge in [0.2, 0.25) is 0 Å². The molecule has 0 aliphatic heterocycles. The van der Waals surface area contributed by atoms with Crippen molar-refractivity contribution in [2.24, 2.45) is 0 Å². The number of carbonyl (C=O) groups excluding carboxylic acids is 1. The molecule has 0 radical (unpaired) electrons. The first kappa shape index (κ1) is 17.2. The molecule has 1 amide bonds. The molecule has 0 unspecified atom stereocenters. The van der Waals surface area contributed by atoms with E-state index in [2.05, 4.69) is 21.2 Å². The lowest BCUT2D eigenvalue weighted by atomic mass is 10.2. The van der Waals surface area contributed by atoms with Gasteiger partial charge in [0.05, 0.1) is 5.69 Å². The minimum Gasteiger partial charge on any atom is -0.481 e. The van der Waals surface area contributed by atoms with Gasteiger partial charge >= 0.3 is 5.63 Å². The number of rotatable bonds is 4. The van der Waals surface area contributed by atoms with E-state index in [1.54, 1.807) is 24.3 Å². The summed E-state index contributed by atoms with van der Waals surface area (Å²) >= 11 is 3.15. The van der Waals surface area contributed by atoms with Crippen molar-refractivity contribution in [1.29, 1.82) is 0 Å². The number of carbonyl (C=O) groups is 1. The van der Waals surface area contributed by atoms with Crippen molar-refractivity contribution in [2.45, 2.75) is 13.0 Å². The summed E-state index contributed by atoms with van der Waals surface area (Å²) in [5.74, 6) is -0.695. The standard InChI is InChI=1S/C18H13BrFNO4/c1-10(18(23)21-15-6-4-12(19)8-14(15)20)24-13-5-2-11-3-7-17(22)25-16(11)9-13/h2-10H,1H3,(H,21,23)/t10-/m0/s1. The molecule has 0 aliphatic carbocycles.